The van der Waals surface area contributed by atoms with Crippen molar-refractivity contribution in [3.63, 3.8) is 0 Å². The Morgan fingerprint density at radius 1 is 1.20 bits per heavy atom. The molecule has 0 spiro atoms. The molecule has 1 nitrogen and oxygen atoms in total. The van der Waals surface area contributed by atoms with Gasteiger partial charge in [-0.05, 0) is 42.5 Å². The molecule has 2 aromatic rings. The molecule has 108 valence electrons. The van der Waals surface area contributed by atoms with Gasteiger partial charge in [-0.15, -0.1) is 11.3 Å². The Balaban J connectivity index is 2.47. The molecule has 1 N–H and O–H groups in total. The second-order valence-corrected chi connectivity index (χ2v) is 6.70. The SMILES string of the molecule is CCCNC(c1cccc(Cl)c1Cl)c1scc(C)c1Cl. The third kappa shape index (κ3) is 3.32. The van der Waals surface area contributed by atoms with E-state index in [9.17, 15) is 0 Å². The summed E-state index contributed by atoms with van der Waals surface area (Å²) in [5, 5.41) is 7.53. The van der Waals surface area contributed by atoms with Crippen LogP contribution in [0.4, 0.5) is 0 Å². The molecule has 1 atom stereocenters. The van der Waals surface area contributed by atoms with E-state index in [0.717, 1.165) is 34.0 Å². The molecule has 1 aromatic heterocycles. The Morgan fingerprint density at radius 2 is 1.95 bits per heavy atom. The normalized spacial score (nSPS) is 12.7. The van der Waals surface area contributed by atoms with Crippen LogP contribution in [0.1, 0.15) is 35.4 Å². The van der Waals surface area contributed by atoms with Crippen LogP contribution >= 0.6 is 46.1 Å². The summed E-state index contributed by atoms with van der Waals surface area (Å²) >= 11 is 20.6. The van der Waals surface area contributed by atoms with Gasteiger partial charge in [-0.3, -0.25) is 0 Å². The summed E-state index contributed by atoms with van der Waals surface area (Å²) in [4.78, 5) is 1.08. The van der Waals surface area contributed by atoms with Crippen molar-refractivity contribution in [3.05, 3.63) is 54.7 Å². The predicted molar refractivity (Wildman–Crippen MR) is 90.7 cm³/mol. The van der Waals surface area contributed by atoms with Crippen molar-refractivity contribution in [1.82, 2.24) is 5.32 Å². The van der Waals surface area contributed by atoms with Crippen LogP contribution in [0, 0.1) is 6.92 Å². The van der Waals surface area contributed by atoms with E-state index in [4.69, 9.17) is 34.8 Å². The van der Waals surface area contributed by atoms with Crippen LogP contribution in [0.3, 0.4) is 0 Å². The van der Waals surface area contributed by atoms with Gasteiger partial charge < -0.3 is 5.32 Å². The van der Waals surface area contributed by atoms with E-state index in [-0.39, 0.29) is 6.04 Å². The van der Waals surface area contributed by atoms with Gasteiger partial charge in [0.05, 0.1) is 21.1 Å². The fraction of sp³-hybridized carbons (Fsp3) is 0.333. The zero-order valence-corrected chi connectivity index (χ0v) is 14.4. The van der Waals surface area contributed by atoms with Crippen molar-refractivity contribution in [1.29, 1.82) is 0 Å². The molecule has 1 heterocycles. The van der Waals surface area contributed by atoms with Crippen molar-refractivity contribution in [2.24, 2.45) is 0 Å². The summed E-state index contributed by atoms with van der Waals surface area (Å²) in [5.41, 5.74) is 2.06. The van der Waals surface area contributed by atoms with Gasteiger partial charge >= 0.3 is 0 Å². The number of halogens is 3. The maximum absolute atomic E-state index is 6.42. The molecular weight excluding hydrogens is 333 g/mol. The standard InChI is InChI=1S/C15H16Cl3NS/c1-3-7-19-14(15-12(17)9(2)8-20-15)10-5-4-6-11(16)13(10)18/h4-6,8,14,19H,3,7H2,1-2H3. The molecule has 1 aromatic carbocycles. The molecule has 0 amide bonds. The average molecular weight is 349 g/mol. The monoisotopic (exact) mass is 347 g/mol. The highest BCUT2D eigenvalue weighted by molar-refractivity contribution is 7.10. The number of thiophene rings is 1. The van der Waals surface area contributed by atoms with Crippen LogP contribution in [-0.4, -0.2) is 6.54 Å². The number of nitrogens with one attached hydrogen (secondary N) is 1. The fourth-order valence-corrected chi connectivity index (χ4v) is 3.83. The minimum atomic E-state index is -0.0210. The summed E-state index contributed by atoms with van der Waals surface area (Å²) in [6.07, 6.45) is 1.04. The van der Waals surface area contributed by atoms with Crippen molar-refractivity contribution in [3.8, 4) is 0 Å². The molecule has 0 saturated heterocycles. The zero-order valence-electron chi connectivity index (χ0n) is 11.3. The first-order valence-corrected chi connectivity index (χ1v) is 8.48. The molecule has 2 rings (SSSR count). The maximum Gasteiger partial charge on any atom is 0.0701 e. The van der Waals surface area contributed by atoms with Gasteiger partial charge in [0.1, 0.15) is 0 Å². The minimum absolute atomic E-state index is 0.0210. The lowest BCUT2D eigenvalue weighted by Gasteiger charge is -2.20. The van der Waals surface area contributed by atoms with Crippen LogP contribution in [-0.2, 0) is 0 Å². The molecule has 0 aliphatic carbocycles. The highest BCUT2D eigenvalue weighted by Crippen LogP contribution is 2.39. The lowest BCUT2D eigenvalue weighted by molar-refractivity contribution is 0.606. The fourth-order valence-electron chi connectivity index (χ4n) is 2.02. The molecule has 20 heavy (non-hydrogen) atoms. The number of hydrogen-bond acceptors (Lipinski definition) is 2. The van der Waals surface area contributed by atoms with Crippen LogP contribution in [0.5, 0.6) is 0 Å². The lowest BCUT2D eigenvalue weighted by Crippen LogP contribution is -2.23. The van der Waals surface area contributed by atoms with Crippen LogP contribution in [0.25, 0.3) is 0 Å². The Morgan fingerprint density at radius 3 is 2.55 bits per heavy atom. The van der Waals surface area contributed by atoms with Crippen molar-refractivity contribution >= 4 is 46.1 Å². The summed E-state index contributed by atoms with van der Waals surface area (Å²) in [5.74, 6) is 0. The largest absolute Gasteiger partial charge is 0.306 e. The molecular formula is C15H16Cl3NS. The Kier molecular flexibility index (Phi) is 5.76. The zero-order chi connectivity index (χ0) is 14.7. The Labute approximate surface area is 138 Å². The lowest BCUT2D eigenvalue weighted by atomic mass is 10.0. The molecule has 1 unspecified atom stereocenters. The van der Waals surface area contributed by atoms with E-state index >= 15 is 0 Å². The molecule has 0 bridgehead atoms. The van der Waals surface area contributed by atoms with E-state index in [1.807, 2.05) is 19.1 Å². The summed E-state index contributed by atoms with van der Waals surface area (Å²) < 4.78 is 0. The van der Waals surface area contributed by atoms with Gasteiger partial charge in [0.15, 0.2) is 0 Å². The van der Waals surface area contributed by atoms with Gasteiger partial charge in [0.2, 0.25) is 0 Å². The van der Waals surface area contributed by atoms with E-state index in [1.54, 1.807) is 17.4 Å². The summed E-state index contributed by atoms with van der Waals surface area (Å²) in [6.45, 7) is 5.03. The Hall–Kier alpha value is -0.250. The molecule has 0 aliphatic rings. The predicted octanol–water partition coefficient (Wildman–Crippen LogP) is 6.11. The highest BCUT2D eigenvalue weighted by Gasteiger charge is 2.22. The molecule has 0 saturated carbocycles. The molecule has 0 fully saturated rings. The van der Waals surface area contributed by atoms with Crippen molar-refractivity contribution in [2.75, 3.05) is 6.54 Å². The number of aryl methyl sites for hydroxylation is 1. The van der Waals surface area contributed by atoms with Crippen molar-refractivity contribution in [2.45, 2.75) is 26.3 Å². The van der Waals surface area contributed by atoms with E-state index in [1.165, 1.54) is 0 Å². The number of hydrogen-bond donors (Lipinski definition) is 1. The second-order valence-electron chi connectivity index (χ2n) is 4.63. The average Bonchev–Trinajstić information content (AvgIpc) is 2.76. The topological polar surface area (TPSA) is 12.0 Å². The van der Waals surface area contributed by atoms with Crippen LogP contribution in [0.2, 0.25) is 15.1 Å². The second kappa shape index (κ2) is 7.15. The minimum Gasteiger partial charge on any atom is -0.306 e. The first kappa shape index (κ1) is 16.1. The third-order valence-corrected chi connectivity index (χ3v) is 5.69. The van der Waals surface area contributed by atoms with Crippen LogP contribution < -0.4 is 5.32 Å². The van der Waals surface area contributed by atoms with Gasteiger partial charge in [-0.25, -0.2) is 0 Å². The molecule has 0 aliphatic heterocycles. The number of benzene rings is 1. The van der Waals surface area contributed by atoms with Gasteiger partial charge in [-0.2, -0.15) is 0 Å². The smallest absolute Gasteiger partial charge is 0.0701 e. The van der Waals surface area contributed by atoms with Gasteiger partial charge in [0, 0.05) is 4.88 Å². The molecule has 0 radical (unpaired) electrons. The third-order valence-electron chi connectivity index (χ3n) is 3.08. The first-order chi connectivity index (χ1) is 9.56. The van der Waals surface area contributed by atoms with E-state index < -0.39 is 0 Å². The van der Waals surface area contributed by atoms with Crippen LogP contribution in [0.15, 0.2) is 23.6 Å². The quantitative estimate of drug-likeness (QED) is 0.687. The van der Waals surface area contributed by atoms with Crippen molar-refractivity contribution < 1.29 is 0 Å². The number of rotatable bonds is 5. The first-order valence-electron chi connectivity index (χ1n) is 6.47. The highest BCUT2D eigenvalue weighted by atomic mass is 35.5. The Bertz CT molecular complexity index is 595. The maximum atomic E-state index is 6.42. The van der Waals surface area contributed by atoms with E-state index in [2.05, 4.69) is 17.6 Å². The van der Waals surface area contributed by atoms with E-state index in [0.29, 0.717) is 10.0 Å². The van der Waals surface area contributed by atoms with Gasteiger partial charge in [-0.1, -0.05) is 53.9 Å². The van der Waals surface area contributed by atoms with Gasteiger partial charge in [0.25, 0.3) is 0 Å². The summed E-state index contributed by atoms with van der Waals surface area (Å²) in [7, 11) is 0. The molecule has 5 heteroatoms. The summed E-state index contributed by atoms with van der Waals surface area (Å²) in [6, 6.07) is 5.68.